The maximum Gasteiger partial charge on any atom is 0.335 e. The highest BCUT2D eigenvalue weighted by Gasteiger charge is 2.64. The van der Waals surface area contributed by atoms with Crippen LogP contribution in [0.3, 0.4) is 0 Å². The normalized spacial score (nSPS) is 29.5. The lowest BCUT2D eigenvalue weighted by atomic mass is 9.62. The van der Waals surface area contributed by atoms with Gasteiger partial charge in [0.15, 0.2) is 5.41 Å². The third-order valence-corrected chi connectivity index (χ3v) is 7.18. The molecule has 0 bridgehead atoms. The summed E-state index contributed by atoms with van der Waals surface area (Å²) in [5.74, 6) is 0.209. The highest BCUT2D eigenvalue weighted by molar-refractivity contribution is 6.30. The van der Waals surface area contributed by atoms with Gasteiger partial charge in [0.2, 0.25) is 5.91 Å². The number of carbonyl (C=O) groups excluding carboxylic acids is 3. The minimum Gasteiger partial charge on any atom is -0.497 e. The lowest BCUT2D eigenvalue weighted by Gasteiger charge is -2.56. The van der Waals surface area contributed by atoms with Crippen LogP contribution in [-0.4, -0.2) is 37.5 Å². The molecule has 0 saturated carbocycles. The topological polar surface area (TPSA) is 79.0 Å². The Bertz CT molecular complexity index is 1100. The second-order valence-electron chi connectivity index (χ2n) is 9.29. The minimum absolute atomic E-state index is 0.104. The molecule has 5 rings (SSSR count). The number of imide groups is 2. The summed E-state index contributed by atoms with van der Waals surface area (Å²) in [6.45, 7) is 5.08. The van der Waals surface area contributed by atoms with Gasteiger partial charge in [-0.05, 0) is 60.6 Å². The molecular weight excluding hydrogens is 406 g/mol. The maximum atomic E-state index is 14.2. The van der Waals surface area contributed by atoms with E-state index < -0.39 is 23.3 Å². The van der Waals surface area contributed by atoms with Crippen molar-refractivity contribution in [1.29, 1.82) is 0 Å². The second kappa shape index (κ2) is 7.36. The Kier molecular flexibility index (Phi) is 4.73. The van der Waals surface area contributed by atoms with Gasteiger partial charge in [0.05, 0.1) is 18.8 Å². The first-order chi connectivity index (χ1) is 15.4. The third-order valence-electron chi connectivity index (χ3n) is 7.18. The Morgan fingerprint density at radius 3 is 2.47 bits per heavy atom. The Morgan fingerprint density at radius 1 is 1.03 bits per heavy atom. The monoisotopic (exact) mass is 433 g/mol. The average Bonchev–Trinajstić information content (AvgIpc) is 2.77. The minimum atomic E-state index is -1.37. The van der Waals surface area contributed by atoms with Gasteiger partial charge in [-0.2, -0.15) is 0 Å². The van der Waals surface area contributed by atoms with Gasteiger partial charge in [-0.1, -0.05) is 32.0 Å². The summed E-state index contributed by atoms with van der Waals surface area (Å²) in [5, 5.41) is 2.51. The number of hydrogen-bond donors (Lipinski definition) is 1. The number of fused-ring (bicyclic) bond motifs is 4. The van der Waals surface area contributed by atoms with E-state index in [0.29, 0.717) is 17.4 Å². The predicted molar refractivity (Wildman–Crippen MR) is 121 cm³/mol. The first-order valence-corrected chi connectivity index (χ1v) is 11.1. The fourth-order valence-corrected chi connectivity index (χ4v) is 5.98. The highest BCUT2D eigenvalue weighted by atomic mass is 16.5. The Hall–Kier alpha value is -3.35. The van der Waals surface area contributed by atoms with E-state index in [9.17, 15) is 14.4 Å². The average molecular weight is 434 g/mol. The van der Waals surface area contributed by atoms with Crippen LogP contribution in [0.15, 0.2) is 48.5 Å². The van der Waals surface area contributed by atoms with E-state index in [1.807, 2.05) is 18.2 Å². The van der Waals surface area contributed by atoms with Crippen molar-refractivity contribution in [3.63, 3.8) is 0 Å². The van der Waals surface area contributed by atoms with Gasteiger partial charge in [0, 0.05) is 12.2 Å². The SMILES string of the molecule is COc1ccc(N2C(=O)NC(=O)[C@]3(Cc4ccccc4N4C[C@H](C)C[C@@H](C)[C@H]43)C2=O)cc1. The zero-order valence-electron chi connectivity index (χ0n) is 18.5. The molecule has 0 aromatic heterocycles. The number of barbiturate groups is 1. The third kappa shape index (κ3) is 2.83. The molecule has 2 saturated heterocycles. The zero-order valence-corrected chi connectivity index (χ0v) is 18.5. The molecule has 7 heteroatoms. The summed E-state index contributed by atoms with van der Waals surface area (Å²) in [6.07, 6.45) is 1.19. The number of piperidine rings is 1. The van der Waals surface area contributed by atoms with Crippen LogP contribution in [0, 0.1) is 17.3 Å². The number of hydrogen-bond acceptors (Lipinski definition) is 5. The molecule has 4 amide bonds. The van der Waals surface area contributed by atoms with Gasteiger partial charge < -0.3 is 9.64 Å². The number of nitrogens with zero attached hydrogens (tertiary/aromatic N) is 2. The summed E-state index contributed by atoms with van der Waals surface area (Å²) in [5.41, 5.74) is 1.08. The largest absolute Gasteiger partial charge is 0.497 e. The van der Waals surface area contributed by atoms with E-state index in [4.69, 9.17) is 4.74 Å². The number of para-hydroxylation sites is 1. The molecule has 3 aliphatic rings. The number of urea groups is 1. The van der Waals surface area contributed by atoms with Crippen molar-refractivity contribution in [2.45, 2.75) is 32.7 Å². The van der Waals surface area contributed by atoms with Gasteiger partial charge in [0.1, 0.15) is 5.75 Å². The molecule has 2 aromatic rings. The number of benzene rings is 2. The summed E-state index contributed by atoms with van der Waals surface area (Å²) in [4.78, 5) is 43.9. The number of methoxy groups -OCH3 is 1. The van der Waals surface area contributed by atoms with Crippen LogP contribution >= 0.6 is 0 Å². The molecule has 166 valence electrons. The molecule has 1 spiro atoms. The molecule has 2 fully saturated rings. The van der Waals surface area contributed by atoms with Crippen LogP contribution in [0.5, 0.6) is 5.75 Å². The van der Waals surface area contributed by atoms with E-state index in [0.717, 1.165) is 29.1 Å². The van der Waals surface area contributed by atoms with Gasteiger partial charge >= 0.3 is 6.03 Å². The molecule has 2 aromatic carbocycles. The van der Waals surface area contributed by atoms with Crippen LogP contribution in [0.1, 0.15) is 25.8 Å². The lowest BCUT2D eigenvalue weighted by molar-refractivity contribution is -0.146. The van der Waals surface area contributed by atoms with Crippen LogP contribution in [-0.2, 0) is 16.0 Å². The van der Waals surface area contributed by atoms with E-state index in [1.54, 1.807) is 31.4 Å². The molecule has 3 heterocycles. The second-order valence-corrected chi connectivity index (χ2v) is 9.29. The van der Waals surface area contributed by atoms with Crippen molar-refractivity contribution >= 4 is 29.2 Å². The molecule has 1 N–H and O–H groups in total. The molecule has 0 aliphatic carbocycles. The molecule has 3 aliphatic heterocycles. The van der Waals surface area contributed by atoms with Gasteiger partial charge in [0.25, 0.3) is 5.91 Å². The Balaban J connectivity index is 1.66. The van der Waals surface area contributed by atoms with E-state index in [2.05, 4.69) is 30.1 Å². The standard InChI is InChI=1S/C25H27N3O4/c1-15-12-16(2)21-25(13-17-6-4-5-7-20(17)27(21)14-15)22(29)26-24(31)28(23(25)30)18-8-10-19(32-3)11-9-18/h4-11,15-16,21H,12-14H2,1-3H3,(H,26,29,31)/t15-,16-,21+,25-/m1/s1. The van der Waals surface area contributed by atoms with Gasteiger partial charge in [-0.25, -0.2) is 9.69 Å². The number of ether oxygens (including phenoxy) is 1. The fraction of sp³-hybridized carbons (Fsp3) is 0.400. The molecule has 4 atom stereocenters. The first kappa shape index (κ1) is 20.5. The summed E-state index contributed by atoms with van der Waals surface area (Å²) < 4.78 is 5.21. The van der Waals surface area contributed by atoms with Gasteiger partial charge in [-0.15, -0.1) is 0 Å². The van der Waals surface area contributed by atoms with E-state index in [1.165, 1.54) is 0 Å². The van der Waals surface area contributed by atoms with Crippen LogP contribution < -0.4 is 19.9 Å². The van der Waals surface area contributed by atoms with E-state index in [-0.39, 0.29) is 18.4 Å². The Morgan fingerprint density at radius 2 is 1.75 bits per heavy atom. The number of amides is 4. The van der Waals surface area contributed by atoms with Crippen molar-refractivity contribution in [1.82, 2.24) is 5.32 Å². The molecular formula is C25H27N3O4. The molecule has 32 heavy (non-hydrogen) atoms. The van der Waals surface area contributed by atoms with Crippen LogP contribution in [0.4, 0.5) is 16.2 Å². The summed E-state index contributed by atoms with van der Waals surface area (Å²) >= 11 is 0. The van der Waals surface area contributed by atoms with E-state index >= 15 is 0 Å². The maximum absolute atomic E-state index is 14.2. The highest BCUT2D eigenvalue weighted by Crippen LogP contribution is 2.50. The van der Waals surface area contributed by atoms with Crippen molar-refractivity contribution in [2.24, 2.45) is 17.3 Å². The predicted octanol–water partition coefficient (Wildman–Crippen LogP) is 3.37. The number of rotatable bonds is 2. The quantitative estimate of drug-likeness (QED) is 0.735. The smallest absolute Gasteiger partial charge is 0.335 e. The first-order valence-electron chi connectivity index (χ1n) is 11.1. The van der Waals surface area contributed by atoms with Crippen LogP contribution in [0.25, 0.3) is 0 Å². The molecule has 7 nitrogen and oxygen atoms in total. The van der Waals surface area contributed by atoms with Crippen LogP contribution in [0.2, 0.25) is 0 Å². The summed E-state index contributed by atoms with van der Waals surface area (Å²) in [7, 11) is 1.56. The fourth-order valence-electron chi connectivity index (χ4n) is 5.98. The van der Waals surface area contributed by atoms with Crippen molar-refractivity contribution < 1.29 is 19.1 Å². The summed E-state index contributed by atoms with van der Waals surface area (Å²) in [6, 6.07) is 13.7. The lowest BCUT2D eigenvalue weighted by Crippen LogP contribution is -2.74. The number of anilines is 2. The Labute approximate surface area is 187 Å². The molecule has 0 unspecified atom stereocenters. The van der Waals surface area contributed by atoms with Crippen molar-refractivity contribution in [3.05, 3.63) is 54.1 Å². The van der Waals surface area contributed by atoms with Crippen molar-refractivity contribution in [2.75, 3.05) is 23.5 Å². The number of nitrogens with one attached hydrogen (secondary N) is 1. The van der Waals surface area contributed by atoms with Crippen molar-refractivity contribution in [3.8, 4) is 5.75 Å². The number of carbonyl (C=O) groups is 3. The zero-order chi connectivity index (χ0) is 22.6. The van der Waals surface area contributed by atoms with Gasteiger partial charge in [-0.3, -0.25) is 14.9 Å². The molecule has 0 radical (unpaired) electrons.